The number of aliphatic hydroxyl groups is 1. The van der Waals surface area contributed by atoms with E-state index in [0.717, 1.165) is 17.8 Å². The molecule has 2 aliphatic heterocycles. The van der Waals surface area contributed by atoms with Crippen molar-refractivity contribution in [3.63, 3.8) is 0 Å². The van der Waals surface area contributed by atoms with E-state index < -0.39 is 23.8 Å². The predicted molar refractivity (Wildman–Crippen MR) is 129 cm³/mol. The minimum Gasteiger partial charge on any atom is -0.447 e. The van der Waals surface area contributed by atoms with Crippen LogP contribution in [0.1, 0.15) is 63.9 Å². The Hall–Kier alpha value is -2.95. The molecule has 2 saturated heterocycles. The van der Waals surface area contributed by atoms with E-state index in [1.807, 2.05) is 13.8 Å². The molecule has 4 rings (SSSR count). The van der Waals surface area contributed by atoms with Gasteiger partial charge in [0.05, 0.1) is 36.7 Å². The van der Waals surface area contributed by atoms with Gasteiger partial charge in [0.1, 0.15) is 17.7 Å². The second-order valence-electron chi connectivity index (χ2n) is 10.00. The van der Waals surface area contributed by atoms with Gasteiger partial charge in [-0.3, -0.25) is 0 Å². The van der Waals surface area contributed by atoms with Gasteiger partial charge in [0, 0.05) is 32.0 Å². The van der Waals surface area contributed by atoms with Crippen molar-refractivity contribution in [2.24, 2.45) is 5.16 Å². The quantitative estimate of drug-likeness (QED) is 0.580. The molecule has 2 heterocycles. The standard InChI is InChI=1S/C25H34F2N4O5/c1-15(2)35-25(34)30-9-7-19(8-10-30)36-29-17-5-3-16(4-6-17)20-11-22(27)23(12-21(20)26)28-24(33)31-13-18(32)14-31/h11-12,15-16,18-19,32H,3-10,13-14H2,1-2H3,(H,28,33). The Labute approximate surface area is 209 Å². The van der Waals surface area contributed by atoms with Crippen LogP contribution >= 0.6 is 0 Å². The molecule has 0 unspecified atom stereocenters. The number of β-amino-alcohol motifs (C(OH)–C–C–N with tert-alkyl or cyclic N) is 1. The molecular formula is C25H34F2N4O5. The number of urea groups is 1. The Kier molecular flexibility index (Phi) is 8.28. The summed E-state index contributed by atoms with van der Waals surface area (Å²) >= 11 is 0. The van der Waals surface area contributed by atoms with Crippen LogP contribution in [-0.4, -0.2) is 77.2 Å². The Bertz CT molecular complexity index is 981. The van der Waals surface area contributed by atoms with E-state index in [9.17, 15) is 23.5 Å². The summed E-state index contributed by atoms with van der Waals surface area (Å²) in [5, 5.41) is 16.0. The first-order chi connectivity index (χ1) is 17.2. The molecule has 0 aromatic heterocycles. The first-order valence-electron chi connectivity index (χ1n) is 12.6. The average Bonchev–Trinajstić information content (AvgIpc) is 2.83. The molecule has 3 fully saturated rings. The number of carbonyl (C=O) groups excluding carboxylic acids is 2. The number of nitrogens with one attached hydrogen (secondary N) is 1. The van der Waals surface area contributed by atoms with E-state index in [1.54, 1.807) is 4.90 Å². The molecule has 9 nitrogen and oxygen atoms in total. The first kappa shape index (κ1) is 26.1. The zero-order valence-corrected chi connectivity index (χ0v) is 20.7. The first-order valence-corrected chi connectivity index (χ1v) is 12.6. The molecular weight excluding hydrogens is 474 g/mol. The summed E-state index contributed by atoms with van der Waals surface area (Å²) in [6.45, 7) is 5.11. The highest BCUT2D eigenvalue weighted by molar-refractivity contribution is 5.90. The summed E-state index contributed by atoms with van der Waals surface area (Å²) in [5.74, 6) is -1.39. The van der Waals surface area contributed by atoms with Crippen molar-refractivity contribution in [1.82, 2.24) is 9.80 Å². The summed E-state index contributed by atoms with van der Waals surface area (Å²) in [4.78, 5) is 32.8. The lowest BCUT2D eigenvalue weighted by molar-refractivity contribution is 0.00403. The number of hydrogen-bond acceptors (Lipinski definition) is 6. The van der Waals surface area contributed by atoms with Crippen LogP contribution in [0.2, 0.25) is 0 Å². The van der Waals surface area contributed by atoms with Crippen molar-refractivity contribution in [1.29, 1.82) is 0 Å². The van der Waals surface area contributed by atoms with Crippen LogP contribution in [0.5, 0.6) is 0 Å². The van der Waals surface area contributed by atoms with E-state index in [2.05, 4.69) is 10.5 Å². The number of likely N-dealkylation sites (tertiary alicyclic amines) is 2. The lowest BCUT2D eigenvalue weighted by Crippen LogP contribution is -2.54. The molecule has 0 spiro atoms. The fraction of sp³-hybridized carbons (Fsp3) is 0.640. The lowest BCUT2D eigenvalue weighted by atomic mass is 9.83. The molecule has 1 aromatic rings. The zero-order valence-electron chi connectivity index (χ0n) is 20.7. The minimum absolute atomic E-state index is 0.0628. The summed E-state index contributed by atoms with van der Waals surface area (Å²) in [7, 11) is 0. The van der Waals surface area contributed by atoms with Crippen LogP contribution in [-0.2, 0) is 9.57 Å². The number of nitrogens with zero attached hydrogens (tertiary/aromatic N) is 3. The largest absolute Gasteiger partial charge is 0.447 e. The third-order valence-electron chi connectivity index (χ3n) is 6.85. The number of ether oxygens (including phenoxy) is 1. The number of benzene rings is 1. The number of anilines is 1. The van der Waals surface area contributed by atoms with E-state index >= 15 is 0 Å². The van der Waals surface area contributed by atoms with Gasteiger partial charge in [0.25, 0.3) is 0 Å². The van der Waals surface area contributed by atoms with Crippen LogP contribution in [0.15, 0.2) is 17.3 Å². The molecule has 36 heavy (non-hydrogen) atoms. The predicted octanol–water partition coefficient (Wildman–Crippen LogP) is 4.21. The monoisotopic (exact) mass is 508 g/mol. The molecule has 0 atom stereocenters. The van der Waals surface area contributed by atoms with Crippen molar-refractivity contribution in [2.45, 2.75) is 76.6 Å². The van der Waals surface area contributed by atoms with Gasteiger partial charge < -0.3 is 29.8 Å². The maximum Gasteiger partial charge on any atom is 0.410 e. The fourth-order valence-corrected chi connectivity index (χ4v) is 4.71. The Morgan fingerprint density at radius 1 is 1.06 bits per heavy atom. The number of aliphatic hydroxyl groups excluding tert-OH is 1. The van der Waals surface area contributed by atoms with Crippen LogP contribution in [0.25, 0.3) is 0 Å². The Morgan fingerprint density at radius 2 is 1.72 bits per heavy atom. The van der Waals surface area contributed by atoms with Crippen LogP contribution < -0.4 is 5.32 Å². The fourth-order valence-electron chi connectivity index (χ4n) is 4.71. The van der Waals surface area contributed by atoms with Crippen molar-refractivity contribution < 1.29 is 33.1 Å². The molecule has 3 aliphatic rings. The van der Waals surface area contributed by atoms with Gasteiger partial charge in [-0.05, 0) is 57.1 Å². The second kappa shape index (κ2) is 11.4. The number of rotatable bonds is 5. The number of halogens is 2. The van der Waals surface area contributed by atoms with Gasteiger partial charge >= 0.3 is 12.1 Å². The summed E-state index contributed by atoms with van der Waals surface area (Å²) in [5.41, 5.74) is 0.984. The summed E-state index contributed by atoms with van der Waals surface area (Å²) in [6, 6.07) is 1.62. The van der Waals surface area contributed by atoms with Gasteiger partial charge in [0.2, 0.25) is 0 Å². The van der Waals surface area contributed by atoms with Crippen LogP contribution in [0, 0.1) is 11.6 Å². The Morgan fingerprint density at radius 3 is 2.33 bits per heavy atom. The van der Waals surface area contributed by atoms with Crippen molar-refractivity contribution in [3.8, 4) is 0 Å². The van der Waals surface area contributed by atoms with E-state index in [0.29, 0.717) is 57.2 Å². The highest BCUT2D eigenvalue weighted by Gasteiger charge is 2.30. The molecule has 11 heteroatoms. The summed E-state index contributed by atoms with van der Waals surface area (Å²) < 4.78 is 34.7. The normalized spacial score (nSPS) is 21.3. The van der Waals surface area contributed by atoms with Crippen molar-refractivity contribution in [2.75, 3.05) is 31.5 Å². The molecule has 1 aliphatic carbocycles. The molecule has 1 aromatic carbocycles. The smallest absolute Gasteiger partial charge is 0.410 e. The molecule has 0 radical (unpaired) electrons. The number of carbonyl (C=O) groups is 2. The van der Waals surface area contributed by atoms with E-state index in [4.69, 9.17) is 9.57 Å². The van der Waals surface area contributed by atoms with Crippen molar-refractivity contribution >= 4 is 23.5 Å². The van der Waals surface area contributed by atoms with Gasteiger partial charge in [-0.25, -0.2) is 18.4 Å². The lowest BCUT2D eigenvalue weighted by Gasteiger charge is -2.35. The van der Waals surface area contributed by atoms with Gasteiger partial charge in [0.15, 0.2) is 0 Å². The number of amides is 3. The molecule has 0 bridgehead atoms. The highest BCUT2D eigenvalue weighted by Crippen LogP contribution is 2.35. The van der Waals surface area contributed by atoms with E-state index in [1.165, 1.54) is 4.90 Å². The number of piperidine rings is 1. The maximum absolute atomic E-state index is 14.8. The van der Waals surface area contributed by atoms with Crippen molar-refractivity contribution in [3.05, 3.63) is 29.3 Å². The molecule has 2 N–H and O–H groups in total. The highest BCUT2D eigenvalue weighted by atomic mass is 19.1. The summed E-state index contributed by atoms with van der Waals surface area (Å²) in [6.07, 6.45) is 2.76. The zero-order chi connectivity index (χ0) is 25.8. The van der Waals surface area contributed by atoms with Crippen LogP contribution in [0.4, 0.5) is 24.1 Å². The minimum atomic E-state index is -0.688. The van der Waals surface area contributed by atoms with Gasteiger partial charge in [-0.2, -0.15) is 0 Å². The Balaban J connectivity index is 1.24. The van der Waals surface area contributed by atoms with Gasteiger partial charge in [-0.15, -0.1) is 0 Å². The van der Waals surface area contributed by atoms with Crippen LogP contribution in [0.3, 0.4) is 0 Å². The second-order valence-corrected chi connectivity index (χ2v) is 10.00. The average molecular weight is 509 g/mol. The molecule has 198 valence electrons. The van der Waals surface area contributed by atoms with E-state index in [-0.39, 0.29) is 43.0 Å². The number of oxime groups is 1. The third-order valence-corrected chi connectivity index (χ3v) is 6.85. The van der Waals surface area contributed by atoms with Gasteiger partial charge in [-0.1, -0.05) is 5.16 Å². The molecule has 1 saturated carbocycles. The SMILES string of the molecule is CC(C)OC(=O)N1CCC(ON=C2CCC(c3cc(F)c(NC(=O)N4CC(O)C4)cc3F)CC2)CC1. The topological polar surface area (TPSA) is 104 Å². The number of hydrogen-bond donors (Lipinski definition) is 2. The maximum atomic E-state index is 14.8. The third kappa shape index (κ3) is 6.43. The molecule has 3 amide bonds.